The number of nitrogens with one attached hydrogen (secondary N) is 2. The lowest BCUT2D eigenvalue weighted by Crippen LogP contribution is -2.49. The number of rotatable bonds is 7. The quantitative estimate of drug-likeness (QED) is 0.472. The Kier molecular flexibility index (Phi) is 7.11. The lowest BCUT2D eigenvalue weighted by atomic mass is 9.87. The smallest absolute Gasteiger partial charge is 0.418 e. The maximum absolute atomic E-state index is 14.3. The number of hydrogen-bond donors (Lipinski definition) is 2. The van der Waals surface area contributed by atoms with E-state index in [0.29, 0.717) is 71.8 Å². The van der Waals surface area contributed by atoms with Gasteiger partial charge in [-0.1, -0.05) is 6.07 Å². The van der Waals surface area contributed by atoms with E-state index in [0.717, 1.165) is 10.7 Å². The molecule has 2 aromatic carbocycles. The van der Waals surface area contributed by atoms with Crippen LogP contribution in [0.15, 0.2) is 41.2 Å². The summed E-state index contributed by atoms with van der Waals surface area (Å²) >= 11 is 0. The summed E-state index contributed by atoms with van der Waals surface area (Å²) in [6, 6.07) is 8.25. The molecule has 1 aromatic heterocycles. The zero-order valence-corrected chi connectivity index (χ0v) is 21.8. The topological polar surface area (TPSA) is 94.5 Å². The molecule has 0 spiro atoms. The van der Waals surface area contributed by atoms with Gasteiger partial charge in [0.1, 0.15) is 11.5 Å². The van der Waals surface area contributed by atoms with Crippen molar-refractivity contribution < 1.29 is 27.4 Å². The summed E-state index contributed by atoms with van der Waals surface area (Å²) in [6.45, 7) is 2.59. The molecule has 1 aliphatic heterocycles. The summed E-state index contributed by atoms with van der Waals surface area (Å²) < 4.78 is 54.5. The maximum Gasteiger partial charge on any atom is 0.418 e. The molecule has 1 unspecified atom stereocenters. The van der Waals surface area contributed by atoms with E-state index < -0.39 is 23.3 Å². The van der Waals surface area contributed by atoms with Gasteiger partial charge in [-0.05, 0) is 54.7 Å². The molecule has 0 radical (unpaired) electrons. The lowest BCUT2D eigenvalue weighted by Gasteiger charge is -2.35. The van der Waals surface area contributed by atoms with Crippen molar-refractivity contribution in [2.24, 2.45) is 5.92 Å². The molecule has 206 valence electrons. The van der Waals surface area contributed by atoms with E-state index in [2.05, 4.69) is 15.7 Å². The Hall–Kier alpha value is -3.86. The fourth-order valence-corrected chi connectivity index (χ4v) is 5.31. The first-order valence-electron chi connectivity index (χ1n) is 12.7. The van der Waals surface area contributed by atoms with E-state index in [1.54, 1.807) is 18.2 Å². The molecule has 3 aromatic rings. The summed E-state index contributed by atoms with van der Waals surface area (Å²) in [7, 11) is 3.00. The third-order valence-electron chi connectivity index (χ3n) is 7.34. The largest absolute Gasteiger partial charge is 0.497 e. The highest BCUT2D eigenvalue weighted by Gasteiger charge is 2.37. The fourth-order valence-electron chi connectivity index (χ4n) is 5.31. The van der Waals surface area contributed by atoms with E-state index in [1.807, 2.05) is 0 Å². The minimum Gasteiger partial charge on any atom is -0.497 e. The molecule has 5 rings (SSSR count). The summed E-state index contributed by atoms with van der Waals surface area (Å²) in [5, 5.41) is 10.5. The van der Waals surface area contributed by atoms with Crippen molar-refractivity contribution in [3.63, 3.8) is 0 Å². The molecule has 1 atom stereocenters. The van der Waals surface area contributed by atoms with Crippen LogP contribution in [0.25, 0.3) is 16.9 Å². The Morgan fingerprint density at radius 1 is 1.08 bits per heavy atom. The monoisotopic (exact) mass is 542 g/mol. The molecule has 0 bridgehead atoms. The number of nitrogens with zero attached hydrogens (tertiary/aromatic N) is 2. The average molecular weight is 543 g/mol. The van der Waals surface area contributed by atoms with E-state index in [-0.39, 0.29) is 17.5 Å². The minimum absolute atomic E-state index is 0.00278. The number of carbonyl (C=O) groups is 1. The van der Waals surface area contributed by atoms with Gasteiger partial charge in [0.2, 0.25) is 5.91 Å². The first-order valence-corrected chi connectivity index (χ1v) is 12.7. The van der Waals surface area contributed by atoms with Gasteiger partial charge in [-0.25, -0.2) is 0 Å². The Labute approximate surface area is 223 Å². The minimum atomic E-state index is -4.74. The fraction of sp³-hybridized carbons (Fsp3) is 0.393. The molecule has 1 aliphatic carbocycles. The van der Waals surface area contributed by atoms with Gasteiger partial charge in [-0.2, -0.15) is 23.0 Å². The standard InChI is InChI=1S/C28H29F3N4O4/c1-15(36)33-25(18-13-32-14-18)16-7-8-23(28(29,30)31)24(11-16)35-27(37)22-6-4-5-21(22)26(34-35)17-9-19(38-2)12-20(10-17)39-3/h7-12,18,25,32H,4-6,13-14H2,1-3H3,(H,33,36). The second-order valence-corrected chi connectivity index (χ2v) is 9.85. The van der Waals surface area contributed by atoms with Crippen LogP contribution in [0, 0.1) is 5.92 Å². The number of hydrogen-bond acceptors (Lipinski definition) is 6. The summed E-state index contributed by atoms with van der Waals surface area (Å²) in [6.07, 6.45) is -3.03. The predicted octanol–water partition coefficient (Wildman–Crippen LogP) is 3.82. The molecule has 1 fully saturated rings. The van der Waals surface area contributed by atoms with Crippen molar-refractivity contribution in [1.29, 1.82) is 0 Å². The van der Waals surface area contributed by atoms with Crippen molar-refractivity contribution in [2.75, 3.05) is 27.3 Å². The molecule has 8 nitrogen and oxygen atoms in total. The van der Waals surface area contributed by atoms with Gasteiger partial charge in [-0.3, -0.25) is 9.59 Å². The number of aromatic nitrogens is 2. The average Bonchev–Trinajstić information content (AvgIpc) is 3.36. The van der Waals surface area contributed by atoms with Crippen LogP contribution < -0.4 is 25.7 Å². The Bertz CT molecular complexity index is 1460. The van der Waals surface area contributed by atoms with Crippen LogP contribution in [0.5, 0.6) is 11.5 Å². The lowest BCUT2D eigenvalue weighted by molar-refractivity contribution is -0.137. The van der Waals surface area contributed by atoms with Gasteiger partial charge in [0.05, 0.1) is 37.2 Å². The highest BCUT2D eigenvalue weighted by atomic mass is 19.4. The van der Waals surface area contributed by atoms with Crippen LogP contribution in [-0.2, 0) is 23.8 Å². The van der Waals surface area contributed by atoms with Gasteiger partial charge in [0.15, 0.2) is 0 Å². The number of benzene rings is 2. The zero-order valence-electron chi connectivity index (χ0n) is 21.8. The van der Waals surface area contributed by atoms with Crippen molar-refractivity contribution >= 4 is 5.91 Å². The Morgan fingerprint density at radius 3 is 2.31 bits per heavy atom. The van der Waals surface area contributed by atoms with Crippen LogP contribution >= 0.6 is 0 Å². The van der Waals surface area contributed by atoms with Crippen LogP contribution in [0.4, 0.5) is 13.2 Å². The normalized spacial score (nSPS) is 15.8. The molecular weight excluding hydrogens is 513 g/mol. The number of alkyl halides is 3. The first kappa shape index (κ1) is 26.7. The van der Waals surface area contributed by atoms with Crippen molar-refractivity contribution in [2.45, 2.75) is 38.4 Å². The molecular formula is C28H29F3N4O4. The molecule has 1 amide bonds. The molecule has 2 aliphatic rings. The van der Waals surface area contributed by atoms with Crippen molar-refractivity contribution in [3.05, 3.63) is 69.0 Å². The number of halogens is 3. The predicted molar refractivity (Wildman–Crippen MR) is 138 cm³/mol. The molecule has 11 heteroatoms. The Balaban J connectivity index is 1.75. The highest BCUT2D eigenvalue weighted by Crippen LogP contribution is 2.38. The number of ether oxygens (including phenoxy) is 2. The SMILES string of the molecule is COc1cc(OC)cc(-c2nn(-c3cc(C(NC(C)=O)C4CNC4)ccc3C(F)(F)F)c(=O)c3c2CCC3)c1. The summed E-state index contributed by atoms with van der Waals surface area (Å²) in [5.74, 6) is 0.681. The van der Waals surface area contributed by atoms with E-state index in [4.69, 9.17) is 9.47 Å². The van der Waals surface area contributed by atoms with Crippen molar-refractivity contribution in [1.82, 2.24) is 20.4 Å². The van der Waals surface area contributed by atoms with Gasteiger partial charge < -0.3 is 20.1 Å². The summed E-state index contributed by atoms with van der Waals surface area (Å²) in [5.41, 5.74) is 0.664. The van der Waals surface area contributed by atoms with E-state index >= 15 is 0 Å². The highest BCUT2D eigenvalue weighted by molar-refractivity contribution is 5.73. The third kappa shape index (κ3) is 5.10. The van der Waals surface area contributed by atoms with Gasteiger partial charge in [0, 0.05) is 43.1 Å². The molecule has 2 N–H and O–H groups in total. The number of amides is 1. The number of fused-ring (bicyclic) bond motifs is 1. The molecule has 1 saturated heterocycles. The van der Waals surface area contributed by atoms with E-state index in [1.165, 1.54) is 33.3 Å². The molecule has 0 saturated carbocycles. The van der Waals surface area contributed by atoms with Crippen LogP contribution in [-0.4, -0.2) is 43.0 Å². The second kappa shape index (κ2) is 10.4. The van der Waals surface area contributed by atoms with Crippen LogP contribution in [0.3, 0.4) is 0 Å². The van der Waals surface area contributed by atoms with Crippen LogP contribution in [0.2, 0.25) is 0 Å². The summed E-state index contributed by atoms with van der Waals surface area (Å²) in [4.78, 5) is 25.6. The number of carbonyl (C=O) groups excluding carboxylic acids is 1. The second-order valence-electron chi connectivity index (χ2n) is 9.85. The molecule has 2 heterocycles. The maximum atomic E-state index is 14.3. The zero-order chi connectivity index (χ0) is 27.9. The van der Waals surface area contributed by atoms with Crippen molar-refractivity contribution in [3.8, 4) is 28.4 Å². The third-order valence-corrected chi connectivity index (χ3v) is 7.34. The van der Waals surface area contributed by atoms with Gasteiger partial charge in [-0.15, -0.1) is 0 Å². The molecule has 39 heavy (non-hydrogen) atoms. The van der Waals surface area contributed by atoms with Crippen LogP contribution in [0.1, 0.15) is 41.6 Å². The number of methoxy groups -OCH3 is 2. The van der Waals surface area contributed by atoms with Gasteiger partial charge in [0.25, 0.3) is 5.56 Å². The Morgan fingerprint density at radius 2 is 1.74 bits per heavy atom. The van der Waals surface area contributed by atoms with Gasteiger partial charge >= 0.3 is 6.18 Å². The first-order chi connectivity index (χ1) is 18.6. The van der Waals surface area contributed by atoms with E-state index in [9.17, 15) is 22.8 Å².